The van der Waals surface area contributed by atoms with E-state index in [0.29, 0.717) is 37.3 Å². The zero-order valence-corrected chi connectivity index (χ0v) is 11.2. The number of nitrogens with one attached hydrogen (secondary N) is 4. The molecule has 0 aromatic heterocycles. The molecule has 0 atom stereocenters. The minimum Gasteiger partial charge on any atom is -0.359 e. The second-order valence-electron chi connectivity index (χ2n) is 4.07. The Hall–Kier alpha value is -2.57. The first-order valence-corrected chi connectivity index (χ1v) is 6.21. The van der Waals surface area contributed by atoms with Gasteiger partial charge in [0.1, 0.15) is 0 Å². The van der Waals surface area contributed by atoms with Crippen LogP contribution in [-0.4, -0.2) is 31.4 Å². The van der Waals surface area contributed by atoms with Crippen LogP contribution >= 0.6 is 0 Å². The molecule has 0 saturated carbocycles. The number of rotatable bonds is 7. The highest BCUT2D eigenvalue weighted by atomic mass is 16.2. The molecule has 0 spiro atoms. The highest BCUT2D eigenvalue weighted by Gasteiger charge is 2.02. The van der Waals surface area contributed by atoms with Crippen molar-refractivity contribution >= 4 is 29.7 Å². The summed E-state index contributed by atoms with van der Waals surface area (Å²) >= 11 is 0. The van der Waals surface area contributed by atoms with Crippen LogP contribution < -0.4 is 21.3 Å². The zero-order chi connectivity index (χ0) is 14.8. The van der Waals surface area contributed by atoms with Gasteiger partial charge in [0.05, 0.1) is 0 Å². The number of amides is 4. The van der Waals surface area contributed by atoms with E-state index in [1.807, 2.05) is 0 Å². The number of benzene rings is 1. The Labute approximate surface area is 117 Å². The molecule has 7 nitrogen and oxygen atoms in total. The highest BCUT2D eigenvalue weighted by Crippen LogP contribution is 2.14. The average Bonchev–Trinajstić information content (AvgIpc) is 2.38. The van der Waals surface area contributed by atoms with E-state index in [-0.39, 0.29) is 11.9 Å². The SMILES string of the molecule is CC(=O)Nc1cccc(NC(=O)NCCCNC=O)c1. The molecule has 0 unspecified atom stereocenters. The Morgan fingerprint density at radius 2 is 1.85 bits per heavy atom. The minimum atomic E-state index is -0.337. The Kier molecular flexibility index (Phi) is 6.60. The number of anilines is 2. The normalized spacial score (nSPS) is 9.45. The van der Waals surface area contributed by atoms with Gasteiger partial charge in [0.25, 0.3) is 0 Å². The van der Waals surface area contributed by atoms with E-state index in [1.165, 1.54) is 6.92 Å². The fourth-order valence-electron chi connectivity index (χ4n) is 1.50. The molecular formula is C13H18N4O3. The van der Waals surface area contributed by atoms with Crippen molar-refractivity contribution in [3.05, 3.63) is 24.3 Å². The van der Waals surface area contributed by atoms with E-state index < -0.39 is 0 Å². The van der Waals surface area contributed by atoms with Gasteiger partial charge in [-0.3, -0.25) is 9.59 Å². The molecule has 0 bridgehead atoms. The molecule has 0 aliphatic rings. The predicted molar refractivity (Wildman–Crippen MR) is 76.5 cm³/mol. The summed E-state index contributed by atoms with van der Waals surface area (Å²) in [7, 11) is 0. The van der Waals surface area contributed by atoms with Gasteiger partial charge < -0.3 is 21.3 Å². The Bertz CT molecular complexity index is 476. The molecule has 0 fully saturated rings. The Morgan fingerprint density at radius 3 is 2.50 bits per heavy atom. The number of hydrogen-bond donors (Lipinski definition) is 4. The lowest BCUT2D eigenvalue weighted by Gasteiger charge is -2.09. The van der Waals surface area contributed by atoms with Gasteiger partial charge in [0, 0.05) is 31.4 Å². The fraction of sp³-hybridized carbons (Fsp3) is 0.308. The van der Waals surface area contributed by atoms with Crippen molar-refractivity contribution in [3.8, 4) is 0 Å². The van der Waals surface area contributed by atoms with Gasteiger partial charge in [-0.05, 0) is 24.6 Å². The largest absolute Gasteiger partial charge is 0.359 e. The van der Waals surface area contributed by atoms with E-state index in [2.05, 4.69) is 21.3 Å². The summed E-state index contributed by atoms with van der Waals surface area (Å²) in [4.78, 5) is 32.5. The zero-order valence-electron chi connectivity index (χ0n) is 11.2. The molecule has 0 aliphatic heterocycles. The molecule has 4 amide bonds. The van der Waals surface area contributed by atoms with E-state index in [1.54, 1.807) is 24.3 Å². The van der Waals surface area contributed by atoms with Crippen LogP contribution in [0.25, 0.3) is 0 Å². The second kappa shape index (κ2) is 8.52. The quantitative estimate of drug-likeness (QED) is 0.440. The Balaban J connectivity index is 2.37. The van der Waals surface area contributed by atoms with E-state index in [0.717, 1.165) is 0 Å². The summed E-state index contributed by atoms with van der Waals surface area (Å²) in [6.45, 7) is 2.39. The van der Waals surface area contributed by atoms with E-state index >= 15 is 0 Å². The maximum atomic E-state index is 11.6. The maximum absolute atomic E-state index is 11.6. The molecule has 0 aliphatic carbocycles. The van der Waals surface area contributed by atoms with Crippen LogP contribution in [0, 0.1) is 0 Å². The van der Waals surface area contributed by atoms with Crippen LogP contribution in [0.3, 0.4) is 0 Å². The summed E-state index contributed by atoms with van der Waals surface area (Å²) in [6, 6.07) is 6.51. The number of hydrogen-bond acceptors (Lipinski definition) is 3. The smallest absolute Gasteiger partial charge is 0.319 e. The third-order valence-corrected chi connectivity index (χ3v) is 2.31. The second-order valence-corrected chi connectivity index (χ2v) is 4.07. The van der Waals surface area contributed by atoms with Gasteiger partial charge in [-0.25, -0.2) is 4.79 Å². The monoisotopic (exact) mass is 278 g/mol. The Morgan fingerprint density at radius 1 is 1.15 bits per heavy atom. The number of carbonyl (C=O) groups is 3. The first-order chi connectivity index (χ1) is 9.61. The molecule has 4 N–H and O–H groups in total. The van der Waals surface area contributed by atoms with Crippen molar-refractivity contribution in [2.75, 3.05) is 23.7 Å². The highest BCUT2D eigenvalue weighted by molar-refractivity contribution is 5.92. The summed E-state index contributed by atoms with van der Waals surface area (Å²) in [5.74, 6) is -0.172. The van der Waals surface area contributed by atoms with E-state index in [9.17, 15) is 14.4 Å². The van der Waals surface area contributed by atoms with Crippen molar-refractivity contribution in [3.63, 3.8) is 0 Å². The molecule has 1 aromatic carbocycles. The number of urea groups is 1. The standard InChI is InChI=1S/C13H18N4O3/c1-10(19)16-11-4-2-5-12(8-11)17-13(20)15-7-3-6-14-9-18/h2,4-5,8-9H,3,6-7H2,1H3,(H,14,18)(H,16,19)(H2,15,17,20). The molecule has 108 valence electrons. The van der Waals surface area contributed by atoms with Crippen LogP contribution in [0.2, 0.25) is 0 Å². The van der Waals surface area contributed by atoms with Crippen LogP contribution in [0.5, 0.6) is 0 Å². The van der Waals surface area contributed by atoms with Gasteiger partial charge >= 0.3 is 6.03 Å². The van der Waals surface area contributed by atoms with Gasteiger partial charge in [-0.15, -0.1) is 0 Å². The summed E-state index contributed by atoms with van der Waals surface area (Å²) < 4.78 is 0. The number of carbonyl (C=O) groups excluding carboxylic acids is 3. The lowest BCUT2D eigenvalue weighted by molar-refractivity contribution is -0.114. The van der Waals surface area contributed by atoms with E-state index in [4.69, 9.17) is 0 Å². The van der Waals surface area contributed by atoms with Gasteiger partial charge in [0.15, 0.2) is 0 Å². The van der Waals surface area contributed by atoms with Crippen LogP contribution in [0.15, 0.2) is 24.3 Å². The molecule has 0 radical (unpaired) electrons. The minimum absolute atomic E-state index is 0.172. The maximum Gasteiger partial charge on any atom is 0.319 e. The van der Waals surface area contributed by atoms with Crippen molar-refractivity contribution < 1.29 is 14.4 Å². The summed E-state index contributed by atoms with van der Waals surface area (Å²) in [5.41, 5.74) is 1.20. The summed E-state index contributed by atoms with van der Waals surface area (Å²) in [6.07, 6.45) is 1.27. The molecule has 0 saturated heterocycles. The topological polar surface area (TPSA) is 99.3 Å². The van der Waals surface area contributed by atoms with Crippen molar-refractivity contribution in [2.24, 2.45) is 0 Å². The molecular weight excluding hydrogens is 260 g/mol. The third kappa shape index (κ3) is 6.39. The lowest BCUT2D eigenvalue weighted by Crippen LogP contribution is -2.31. The van der Waals surface area contributed by atoms with Crippen molar-refractivity contribution in [1.82, 2.24) is 10.6 Å². The van der Waals surface area contributed by atoms with Crippen molar-refractivity contribution in [1.29, 1.82) is 0 Å². The van der Waals surface area contributed by atoms with Crippen LogP contribution in [0.4, 0.5) is 16.2 Å². The van der Waals surface area contributed by atoms with Gasteiger partial charge in [0.2, 0.25) is 12.3 Å². The third-order valence-electron chi connectivity index (χ3n) is 2.31. The molecule has 7 heteroatoms. The summed E-state index contributed by atoms with van der Waals surface area (Å²) in [5, 5.41) is 10.4. The predicted octanol–water partition coefficient (Wildman–Crippen LogP) is 0.903. The fourth-order valence-corrected chi connectivity index (χ4v) is 1.50. The molecule has 1 aromatic rings. The first-order valence-electron chi connectivity index (χ1n) is 6.21. The molecule has 1 rings (SSSR count). The average molecular weight is 278 g/mol. The lowest BCUT2D eigenvalue weighted by atomic mass is 10.2. The van der Waals surface area contributed by atoms with Crippen LogP contribution in [0.1, 0.15) is 13.3 Å². The first kappa shape index (κ1) is 15.5. The van der Waals surface area contributed by atoms with Gasteiger partial charge in [-0.2, -0.15) is 0 Å². The molecule has 20 heavy (non-hydrogen) atoms. The van der Waals surface area contributed by atoms with Crippen LogP contribution in [-0.2, 0) is 9.59 Å². The molecule has 0 heterocycles. The van der Waals surface area contributed by atoms with Gasteiger partial charge in [-0.1, -0.05) is 6.07 Å². The van der Waals surface area contributed by atoms with Crippen molar-refractivity contribution in [2.45, 2.75) is 13.3 Å².